The van der Waals surface area contributed by atoms with E-state index in [4.69, 9.17) is 9.47 Å². The van der Waals surface area contributed by atoms with Crippen molar-refractivity contribution >= 4 is 0 Å². The molecule has 0 spiro atoms. The summed E-state index contributed by atoms with van der Waals surface area (Å²) in [6.07, 6.45) is -0.544. The van der Waals surface area contributed by atoms with Crippen LogP contribution in [0.1, 0.15) is 23.1 Å². The highest BCUT2D eigenvalue weighted by Crippen LogP contribution is 2.41. The van der Waals surface area contributed by atoms with Crippen molar-refractivity contribution in [3.63, 3.8) is 0 Å². The average molecular weight is 256 g/mol. The quantitative estimate of drug-likeness (QED) is 0.898. The summed E-state index contributed by atoms with van der Waals surface area (Å²) in [4.78, 5) is 0. The second-order valence-electron chi connectivity index (χ2n) is 4.68. The van der Waals surface area contributed by atoms with Gasteiger partial charge in [0.25, 0.3) is 0 Å². The Morgan fingerprint density at radius 3 is 2.68 bits per heavy atom. The van der Waals surface area contributed by atoms with Crippen LogP contribution in [-0.2, 0) is 0 Å². The van der Waals surface area contributed by atoms with Gasteiger partial charge in [0.2, 0.25) is 0 Å². The van der Waals surface area contributed by atoms with E-state index in [1.54, 1.807) is 7.11 Å². The van der Waals surface area contributed by atoms with Gasteiger partial charge in [0, 0.05) is 17.5 Å². The van der Waals surface area contributed by atoms with Crippen LogP contribution in [0.4, 0.5) is 0 Å². The number of ether oxygens (including phenoxy) is 2. The van der Waals surface area contributed by atoms with E-state index in [9.17, 15) is 5.11 Å². The van der Waals surface area contributed by atoms with Crippen LogP contribution < -0.4 is 9.47 Å². The first kappa shape index (κ1) is 12.1. The lowest BCUT2D eigenvalue weighted by Gasteiger charge is -2.30. The number of fused-ring (bicyclic) bond motifs is 1. The third kappa shape index (κ3) is 2.17. The highest BCUT2D eigenvalue weighted by atomic mass is 16.5. The molecule has 0 fully saturated rings. The zero-order valence-corrected chi connectivity index (χ0v) is 10.7. The lowest BCUT2D eigenvalue weighted by Crippen LogP contribution is -2.24. The van der Waals surface area contributed by atoms with Crippen molar-refractivity contribution < 1.29 is 14.6 Å². The second-order valence-corrected chi connectivity index (χ2v) is 4.68. The smallest absolute Gasteiger partial charge is 0.128 e. The number of aliphatic hydroxyl groups excluding tert-OH is 1. The Balaban J connectivity index is 1.94. The highest BCUT2D eigenvalue weighted by Gasteiger charge is 2.30. The van der Waals surface area contributed by atoms with Gasteiger partial charge in [-0.05, 0) is 17.7 Å². The Labute approximate surface area is 112 Å². The van der Waals surface area contributed by atoms with E-state index in [0.29, 0.717) is 12.4 Å². The van der Waals surface area contributed by atoms with Gasteiger partial charge in [0.15, 0.2) is 0 Å². The molecule has 0 aromatic heterocycles. The Hall–Kier alpha value is -2.00. The fourth-order valence-electron chi connectivity index (χ4n) is 2.48. The molecule has 98 valence electrons. The fraction of sp³-hybridized carbons (Fsp3) is 0.250. The molecule has 3 nitrogen and oxygen atoms in total. The van der Waals surface area contributed by atoms with Crippen molar-refractivity contribution in [3.05, 3.63) is 59.7 Å². The third-order valence-corrected chi connectivity index (χ3v) is 3.57. The van der Waals surface area contributed by atoms with Crippen LogP contribution in [0.2, 0.25) is 0 Å². The maximum absolute atomic E-state index is 10.5. The second kappa shape index (κ2) is 4.94. The van der Waals surface area contributed by atoms with Crippen LogP contribution in [0.15, 0.2) is 48.5 Å². The lowest BCUT2D eigenvalue weighted by molar-refractivity contribution is 0.0887. The molecule has 2 aromatic rings. The van der Waals surface area contributed by atoms with Gasteiger partial charge in [-0.2, -0.15) is 0 Å². The molecule has 0 aliphatic carbocycles. The highest BCUT2D eigenvalue weighted by molar-refractivity contribution is 5.45. The average Bonchev–Trinajstić information content (AvgIpc) is 2.48. The summed E-state index contributed by atoms with van der Waals surface area (Å²) in [7, 11) is 1.62. The molecular weight excluding hydrogens is 240 g/mol. The van der Waals surface area contributed by atoms with Gasteiger partial charge in [0.1, 0.15) is 11.5 Å². The molecule has 2 atom stereocenters. The maximum Gasteiger partial charge on any atom is 0.128 e. The summed E-state index contributed by atoms with van der Waals surface area (Å²) in [6, 6.07) is 15.5. The lowest BCUT2D eigenvalue weighted by atomic mass is 9.87. The van der Waals surface area contributed by atoms with Crippen LogP contribution in [0, 0.1) is 0 Å². The number of aliphatic hydroxyl groups is 1. The topological polar surface area (TPSA) is 38.7 Å². The van der Waals surface area contributed by atoms with Gasteiger partial charge in [-0.3, -0.25) is 0 Å². The van der Waals surface area contributed by atoms with E-state index in [2.05, 4.69) is 0 Å². The monoisotopic (exact) mass is 256 g/mol. The number of rotatable bonds is 2. The summed E-state index contributed by atoms with van der Waals surface area (Å²) in [6.45, 7) is 0.478. The minimum Gasteiger partial charge on any atom is -0.497 e. The van der Waals surface area contributed by atoms with Crippen molar-refractivity contribution in [2.45, 2.75) is 12.0 Å². The van der Waals surface area contributed by atoms with Crippen LogP contribution in [0.5, 0.6) is 11.5 Å². The number of hydrogen-bond acceptors (Lipinski definition) is 3. The molecular formula is C16H16O3. The predicted molar refractivity (Wildman–Crippen MR) is 72.6 cm³/mol. The molecule has 1 heterocycles. The first-order valence-electron chi connectivity index (χ1n) is 6.33. The number of benzene rings is 2. The van der Waals surface area contributed by atoms with Gasteiger partial charge in [0.05, 0.1) is 19.8 Å². The van der Waals surface area contributed by atoms with Crippen molar-refractivity contribution in [2.24, 2.45) is 0 Å². The van der Waals surface area contributed by atoms with E-state index in [-0.39, 0.29) is 5.92 Å². The Kier molecular flexibility index (Phi) is 3.13. The zero-order chi connectivity index (χ0) is 13.2. The Morgan fingerprint density at radius 2 is 1.95 bits per heavy atom. The molecule has 3 rings (SSSR count). The summed E-state index contributed by atoms with van der Waals surface area (Å²) < 4.78 is 10.9. The van der Waals surface area contributed by atoms with Crippen LogP contribution in [0.25, 0.3) is 0 Å². The van der Waals surface area contributed by atoms with E-state index in [0.717, 1.165) is 16.9 Å². The van der Waals surface area contributed by atoms with Crippen LogP contribution in [-0.4, -0.2) is 18.8 Å². The summed E-state index contributed by atoms with van der Waals surface area (Å²) in [5.41, 5.74) is 1.91. The number of hydrogen-bond donors (Lipinski definition) is 1. The van der Waals surface area contributed by atoms with Crippen molar-refractivity contribution in [1.29, 1.82) is 0 Å². The van der Waals surface area contributed by atoms with Crippen LogP contribution >= 0.6 is 0 Å². The van der Waals surface area contributed by atoms with Gasteiger partial charge in [-0.1, -0.05) is 30.3 Å². The molecule has 19 heavy (non-hydrogen) atoms. The number of methoxy groups -OCH3 is 1. The molecule has 1 unspecified atom stereocenters. The fourth-order valence-corrected chi connectivity index (χ4v) is 2.48. The van der Waals surface area contributed by atoms with E-state index < -0.39 is 6.10 Å². The van der Waals surface area contributed by atoms with Crippen molar-refractivity contribution in [3.8, 4) is 11.5 Å². The molecule has 2 aromatic carbocycles. The third-order valence-electron chi connectivity index (χ3n) is 3.57. The minimum atomic E-state index is -0.544. The zero-order valence-electron chi connectivity index (χ0n) is 10.7. The van der Waals surface area contributed by atoms with Crippen molar-refractivity contribution in [2.75, 3.05) is 13.7 Å². The van der Waals surface area contributed by atoms with Gasteiger partial charge < -0.3 is 14.6 Å². The van der Waals surface area contributed by atoms with Gasteiger partial charge in [-0.25, -0.2) is 0 Å². The Morgan fingerprint density at radius 1 is 1.16 bits per heavy atom. The molecule has 0 radical (unpaired) electrons. The normalized spacial score (nSPS) is 21.4. The van der Waals surface area contributed by atoms with Gasteiger partial charge in [-0.15, -0.1) is 0 Å². The van der Waals surface area contributed by atoms with Crippen molar-refractivity contribution in [1.82, 2.24) is 0 Å². The largest absolute Gasteiger partial charge is 0.497 e. The standard InChI is InChI=1S/C16H16O3/c1-18-12-7-8-13-15(9-12)19-10-14(16(13)17)11-5-3-2-4-6-11/h2-9,14,16-17H,10H2,1H3/t14?,16-/m0/s1. The molecule has 0 bridgehead atoms. The molecule has 0 amide bonds. The first-order valence-corrected chi connectivity index (χ1v) is 6.33. The molecule has 1 aliphatic rings. The van der Waals surface area contributed by atoms with E-state index in [1.807, 2.05) is 48.5 Å². The summed E-state index contributed by atoms with van der Waals surface area (Å²) in [5, 5.41) is 10.5. The van der Waals surface area contributed by atoms with Gasteiger partial charge >= 0.3 is 0 Å². The van der Waals surface area contributed by atoms with E-state index >= 15 is 0 Å². The van der Waals surface area contributed by atoms with Crippen LogP contribution in [0.3, 0.4) is 0 Å². The summed E-state index contributed by atoms with van der Waals surface area (Å²) >= 11 is 0. The summed E-state index contributed by atoms with van der Waals surface area (Å²) in [5.74, 6) is 1.42. The Bertz CT molecular complexity index is 565. The maximum atomic E-state index is 10.5. The molecule has 0 saturated heterocycles. The SMILES string of the molecule is COc1ccc2c(c1)OCC(c1ccccc1)[C@H]2O. The first-order chi connectivity index (χ1) is 9.29. The molecule has 3 heteroatoms. The minimum absolute atomic E-state index is 0.0258. The van der Waals surface area contributed by atoms with E-state index in [1.165, 1.54) is 0 Å². The molecule has 1 aliphatic heterocycles. The molecule has 1 N–H and O–H groups in total. The molecule has 0 saturated carbocycles. The predicted octanol–water partition coefficient (Wildman–Crippen LogP) is 2.90.